The molecular formula is C17H25N2+. The fourth-order valence-corrected chi connectivity index (χ4v) is 2.41. The largest absolute Gasteiger partial charge is 0.286 e. The number of unbranched alkanes of at least 4 members (excludes halogenated alkanes) is 3. The molecule has 0 aliphatic heterocycles. The highest BCUT2D eigenvalue weighted by atomic mass is 15.1. The van der Waals surface area contributed by atoms with Gasteiger partial charge in [0.05, 0.1) is 12.1 Å². The van der Waals surface area contributed by atoms with Gasteiger partial charge in [0.1, 0.15) is 12.4 Å². The summed E-state index contributed by atoms with van der Waals surface area (Å²) >= 11 is 0. The van der Waals surface area contributed by atoms with Crippen molar-refractivity contribution in [2.24, 2.45) is 0 Å². The number of aromatic amines is 1. The Morgan fingerprint density at radius 3 is 2.47 bits per heavy atom. The van der Waals surface area contributed by atoms with Crippen LogP contribution in [0.4, 0.5) is 0 Å². The Morgan fingerprint density at radius 1 is 1.00 bits per heavy atom. The number of aromatic nitrogens is 2. The lowest BCUT2D eigenvalue weighted by atomic mass is 10.1. The third-order valence-corrected chi connectivity index (χ3v) is 3.65. The van der Waals surface area contributed by atoms with Crippen molar-refractivity contribution in [3.8, 4) is 11.4 Å². The molecule has 0 aliphatic carbocycles. The molecule has 0 bridgehead atoms. The van der Waals surface area contributed by atoms with Crippen molar-refractivity contribution < 1.29 is 4.57 Å². The van der Waals surface area contributed by atoms with Crippen molar-refractivity contribution >= 4 is 0 Å². The fourth-order valence-electron chi connectivity index (χ4n) is 2.41. The zero-order valence-electron chi connectivity index (χ0n) is 12.2. The first-order valence-corrected chi connectivity index (χ1v) is 7.51. The second-order valence-electron chi connectivity index (χ2n) is 5.11. The molecule has 0 aliphatic rings. The summed E-state index contributed by atoms with van der Waals surface area (Å²) in [6.45, 7) is 5.55. The summed E-state index contributed by atoms with van der Waals surface area (Å²) in [4.78, 5) is 3.36. The Morgan fingerprint density at radius 2 is 1.79 bits per heavy atom. The normalized spacial score (nSPS) is 10.8. The third kappa shape index (κ3) is 3.69. The molecule has 0 fully saturated rings. The molecule has 2 heteroatoms. The smallest absolute Gasteiger partial charge is 0.243 e. The fraction of sp³-hybridized carbons (Fsp3) is 0.471. The van der Waals surface area contributed by atoms with E-state index >= 15 is 0 Å². The van der Waals surface area contributed by atoms with Crippen LogP contribution in [0.2, 0.25) is 0 Å². The van der Waals surface area contributed by atoms with E-state index in [1.54, 1.807) is 0 Å². The number of aryl methyl sites for hydroxylation is 2. The van der Waals surface area contributed by atoms with Gasteiger partial charge in [-0.1, -0.05) is 38.8 Å². The first-order valence-electron chi connectivity index (χ1n) is 7.51. The average Bonchev–Trinajstić information content (AvgIpc) is 2.92. The number of H-pyrrole nitrogens is 1. The lowest BCUT2D eigenvalue weighted by Gasteiger charge is -2.02. The van der Waals surface area contributed by atoms with E-state index in [9.17, 15) is 0 Å². The molecule has 1 aromatic heterocycles. The number of nitrogens with one attached hydrogen (secondary N) is 1. The van der Waals surface area contributed by atoms with Gasteiger partial charge in [0.25, 0.3) is 5.82 Å². The van der Waals surface area contributed by atoms with Crippen LogP contribution < -0.4 is 4.57 Å². The van der Waals surface area contributed by atoms with E-state index in [-0.39, 0.29) is 0 Å². The summed E-state index contributed by atoms with van der Waals surface area (Å²) < 4.78 is 2.33. The lowest BCUT2D eigenvalue weighted by molar-refractivity contribution is -0.685. The van der Waals surface area contributed by atoms with Gasteiger partial charge < -0.3 is 0 Å². The zero-order chi connectivity index (χ0) is 13.5. The van der Waals surface area contributed by atoms with Gasteiger partial charge in [0.15, 0.2) is 0 Å². The molecule has 2 aromatic rings. The van der Waals surface area contributed by atoms with E-state index < -0.39 is 0 Å². The summed E-state index contributed by atoms with van der Waals surface area (Å²) in [5.41, 5.74) is 2.67. The van der Waals surface area contributed by atoms with Gasteiger partial charge >= 0.3 is 0 Å². The van der Waals surface area contributed by atoms with Crippen LogP contribution in [0.5, 0.6) is 0 Å². The first kappa shape index (κ1) is 13.9. The first-order chi connectivity index (χ1) is 9.35. The minimum Gasteiger partial charge on any atom is -0.243 e. The molecular weight excluding hydrogens is 232 g/mol. The number of nitrogens with zero attached hydrogens (tertiary/aromatic N) is 1. The van der Waals surface area contributed by atoms with Crippen LogP contribution in [0, 0.1) is 0 Å². The summed E-state index contributed by atoms with van der Waals surface area (Å²) in [5.74, 6) is 1.22. The van der Waals surface area contributed by atoms with Gasteiger partial charge in [-0.05, 0) is 37.0 Å². The van der Waals surface area contributed by atoms with E-state index in [1.807, 2.05) is 6.20 Å². The molecule has 2 nitrogen and oxygen atoms in total. The van der Waals surface area contributed by atoms with Gasteiger partial charge in [0.2, 0.25) is 0 Å². The molecule has 0 unspecified atom stereocenters. The molecule has 1 heterocycles. The summed E-state index contributed by atoms with van der Waals surface area (Å²) in [6.07, 6.45) is 10.5. The van der Waals surface area contributed by atoms with Crippen molar-refractivity contribution in [3.63, 3.8) is 0 Å². The van der Waals surface area contributed by atoms with E-state index in [4.69, 9.17) is 0 Å². The average molecular weight is 257 g/mol. The molecule has 0 atom stereocenters. The second kappa shape index (κ2) is 7.13. The maximum Gasteiger partial charge on any atom is 0.286 e. The molecule has 2 rings (SSSR count). The van der Waals surface area contributed by atoms with Crippen LogP contribution in [-0.4, -0.2) is 4.98 Å². The summed E-state index contributed by atoms with van der Waals surface area (Å²) in [6, 6.07) is 8.87. The SMILES string of the molecule is CCCCCC[n+]1cc[nH]c1-c1ccc(CC)cc1. The highest BCUT2D eigenvalue weighted by molar-refractivity contribution is 5.52. The van der Waals surface area contributed by atoms with Gasteiger partial charge in [-0.3, -0.25) is 0 Å². The number of hydrogen-bond donors (Lipinski definition) is 1. The van der Waals surface area contributed by atoms with Crippen LogP contribution in [0.15, 0.2) is 36.7 Å². The van der Waals surface area contributed by atoms with E-state index in [0.29, 0.717) is 0 Å². The molecule has 0 spiro atoms. The predicted molar refractivity (Wildman–Crippen MR) is 79.9 cm³/mol. The highest BCUT2D eigenvalue weighted by Crippen LogP contribution is 2.14. The number of imidazole rings is 1. The van der Waals surface area contributed by atoms with Crippen LogP contribution in [0.3, 0.4) is 0 Å². The van der Waals surface area contributed by atoms with Crippen molar-refractivity contribution in [1.29, 1.82) is 0 Å². The Bertz CT molecular complexity index is 482. The quantitative estimate of drug-likeness (QED) is 0.569. The van der Waals surface area contributed by atoms with Crippen molar-refractivity contribution in [2.45, 2.75) is 52.5 Å². The van der Waals surface area contributed by atoms with Gasteiger partial charge in [0, 0.05) is 0 Å². The Kier molecular flexibility index (Phi) is 5.20. The van der Waals surface area contributed by atoms with Gasteiger partial charge in [-0.15, -0.1) is 0 Å². The molecule has 19 heavy (non-hydrogen) atoms. The van der Waals surface area contributed by atoms with E-state index in [0.717, 1.165) is 13.0 Å². The Hall–Kier alpha value is -1.57. The summed E-state index contributed by atoms with van der Waals surface area (Å²) in [7, 11) is 0. The van der Waals surface area contributed by atoms with Crippen LogP contribution in [-0.2, 0) is 13.0 Å². The molecule has 0 saturated heterocycles. The molecule has 1 N–H and O–H groups in total. The standard InChI is InChI=1S/C17H24N2/c1-3-5-6-7-13-19-14-12-18-17(19)16-10-8-15(4-2)9-11-16/h8-12,14H,3-7,13H2,1-2H3/p+1. The molecule has 1 aromatic carbocycles. The van der Waals surface area contributed by atoms with E-state index in [1.165, 1.54) is 42.6 Å². The van der Waals surface area contributed by atoms with Gasteiger partial charge in [-0.2, -0.15) is 0 Å². The molecule has 0 saturated carbocycles. The van der Waals surface area contributed by atoms with Crippen LogP contribution >= 0.6 is 0 Å². The van der Waals surface area contributed by atoms with Crippen molar-refractivity contribution in [3.05, 3.63) is 42.2 Å². The van der Waals surface area contributed by atoms with Gasteiger partial charge in [-0.25, -0.2) is 9.55 Å². The second-order valence-corrected chi connectivity index (χ2v) is 5.11. The van der Waals surface area contributed by atoms with Crippen molar-refractivity contribution in [2.75, 3.05) is 0 Å². The number of hydrogen-bond acceptors (Lipinski definition) is 0. The molecule has 0 amide bonds. The maximum atomic E-state index is 3.36. The molecule has 102 valence electrons. The lowest BCUT2D eigenvalue weighted by Crippen LogP contribution is -2.33. The maximum absolute atomic E-state index is 3.36. The highest BCUT2D eigenvalue weighted by Gasteiger charge is 2.12. The predicted octanol–water partition coefficient (Wildman–Crippen LogP) is 4.11. The number of rotatable bonds is 7. The minimum atomic E-state index is 1.10. The van der Waals surface area contributed by atoms with E-state index in [2.05, 4.69) is 53.9 Å². The van der Waals surface area contributed by atoms with Crippen LogP contribution in [0.25, 0.3) is 11.4 Å². The van der Waals surface area contributed by atoms with Crippen molar-refractivity contribution in [1.82, 2.24) is 4.98 Å². The minimum absolute atomic E-state index is 1.10. The topological polar surface area (TPSA) is 19.7 Å². The third-order valence-electron chi connectivity index (χ3n) is 3.65. The Labute approximate surface area is 116 Å². The monoisotopic (exact) mass is 257 g/mol. The Balaban J connectivity index is 2.05. The summed E-state index contributed by atoms with van der Waals surface area (Å²) in [5, 5.41) is 0. The zero-order valence-corrected chi connectivity index (χ0v) is 12.2. The molecule has 0 radical (unpaired) electrons. The number of benzene rings is 1. The van der Waals surface area contributed by atoms with Crippen LogP contribution in [0.1, 0.15) is 45.1 Å².